The lowest BCUT2D eigenvalue weighted by Gasteiger charge is -2.23. The van der Waals surface area contributed by atoms with Crippen molar-refractivity contribution in [3.63, 3.8) is 0 Å². The van der Waals surface area contributed by atoms with Gasteiger partial charge in [-0.15, -0.1) is 24.8 Å². The predicted molar refractivity (Wildman–Crippen MR) is 132 cm³/mol. The Bertz CT molecular complexity index is 950. The van der Waals surface area contributed by atoms with Gasteiger partial charge in [0, 0.05) is 31.9 Å². The zero-order chi connectivity index (χ0) is 21.0. The highest BCUT2D eigenvalue weighted by Gasteiger charge is 2.21. The summed E-state index contributed by atoms with van der Waals surface area (Å²) >= 11 is 0. The highest BCUT2D eigenvalue weighted by Crippen LogP contribution is 2.24. The SMILES string of the molecule is CN(C(=O)[C@@H](N)Cc1cn(Cc2ccccc2)cn1)c1ccc(C(C)(C)C)cc1.Cl.Cl. The van der Waals surface area contributed by atoms with E-state index in [-0.39, 0.29) is 36.1 Å². The van der Waals surface area contributed by atoms with Gasteiger partial charge >= 0.3 is 0 Å². The van der Waals surface area contributed by atoms with Crippen LogP contribution < -0.4 is 10.6 Å². The van der Waals surface area contributed by atoms with Gasteiger partial charge in [0.1, 0.15) is 0 Å². The lowest BCUT2D eigenvalue weighted by molar-refractivity contribution is -0.119. The van der Waals surface area contributed by atoms with E-state index in [4.69, 9.17) is 5.73 Å². The minimum absolute atomic E-state index is 0. The highest BCUT2D eigenvalue weighted by atomic mass is 35.5. The molecule has 0 spiro atoms. The van der Waals surface area contributed by atoms with Gasteiger partial charge in [0.05, 0.1) is 18.1 Å². The first-order valence-corrected chi connectivity index (χ1v) is 9.92. The maximum atomic E-state index is 12.8. The van der Waals surface area contributed by atoms with Crippen molar-refractivity contribution in [1.29, 1.82) is 0 Å². The molecular formula is C24H32Cl2N4O. The van der Waals surface area contributed by atoms with Crippen LogP contribution in [0.5, 0.6) is 0 Å². The molecule has 0 aliphatic heterocycles. The van der Waals surface area contributed by atoms with Crippen LogP contribution in [0.1, 0.15) is 37.6 Å². The maximum absolute atomic E-state index is 12.8. The second-order valence-corrected chi connectivity index (χ2v) is 8.53. The largest absolute Gasteiger partial charge is 0.333 e. The van der Waals surface area contributed by atoms with Crippen molar-refractivity contribution in [3.05, 3.63) is 83.9 Å². The van der Waals surface area contributed by atoms with E-state index in [2.05, 4.69) is 50.0 Å². The van der Waals surface area contributed by atoms with E-state index in [0.717, 1.165) is 17.9 Å². The maximum Gasteiger partial charge on any atom is 0.244 e. The van der Waals surface area contributed by atoms with E-state index in [1.807, 2.05) is 41.1 Å². The summed E-state index contributed by atoms with van der Waals surface area (Å²) in [6, 6.07) is 17.6. The molecule has 1 aromatic heterocycles. The number of aromatic nitrogens is 2. The zero-order valence-corrected chi connectivity index (χ0v) is 20.1. The second kappa shape index (κ2) is 11.3. The van der Waals surface area contributed by atoms with Crippen LogP contribution in [0.2, 0.25) is 0 Å². The van der Waals surface area contributed by atoms with Crippen LogP contribution in [0, 0.1) is 0 Å². The standard InChI is InChI=1S/C24H30N4O.2ClH/c1-24(2,3)19-10-12-21(13-11-19)27(4)23(29)22(25)14-20-16-28(17-26-20)15-18-8-6-5-7-9-18;;/h5-13,16-17,22H,14-15,25H2,1-4H3;2*1H/t22-;;/m0../s1. The smallest absolute Gasteiger partial charge is 0.244 e. The molecule has 1 atom stereocenters. The van der Waals surface area contributed by atoms with Gasteiger partial charge in [-0.2, -0.15) is 0 Å². The van der Waals surface area contributed by atoms with Crippen LogP contribution >= 0.6 is 24.8 Å². The number of hydrogen-bond donors (Lipinski definition) is 1. The number of anilines is 1. The second-order valence-electron chi connectivity index (χ2n) is 8.53. The molecule has 0 bridgehead atoms. The number of nitrogens with zero attached hydrogens (tertiary/aromatic N) is 3. The average Bonchev–Trinajstić information content (AvgIpc) is 3.13. The minimum Gasteiger partial charge on any atom is -0.333 e. The Morgan fingerprint density at radius 2 is 1.68 bits per heavy atom. The van der Waals surface area contributed by atoms with Gasteiger partial charge in [0.25, 0.3) is 0 Å². The molecule has 7 heteroatoms. The first-order valence-electron chi connectivity index (χ1n) is 9.92. The van der Waals surface area contributed by atoms with Gasteiger partial charge in [0.2, 0.25) is 5.91 Å². The fraction of sp³-hybridized carbons (Fsp3) is 0.333. The first kappa shape index (κ1) is 26.7. The van der Waals surface area contributed by atoms with E-state index in [9.17, 15) is 4.79 Å². The van der Waals surface area contributed by atoms with Crippen molar-refractivity contribution in [1.82, 2.24) is 9.55 Å². The Morgan fingerprint density at radius 3 is 2.26 bits per heavy atom. The Morgan fingerprint density at radius 1 is 1.06 bits per heavy atom. The van der Waals surface area contributed by atoms with Gasteiger partial charge in [-0.05, 0) is 28.7 Å². The van der Waals surface area contributed by atoms with E-state index in [1.54, 1.807) is 18.3 Å². The molecule has 0 fully saturated rings. The highest BCUT2D eigenvalue weighted by molar-refractivity contribution is 5.96. The molecule has 0 saturated heterocycles. The fourth-order valence-electron chi connectivity index (χ4n) is 3.27. The number of halogens is 2. The lowest BCUT2D eigenvalue weighted by atomic mass is 9.87. The Kier molecular flexibility index (Phi) is 9.75. The molecule has 168 valence electrons. The first-order chi connectivity index (χ1) is 13.7. The molecular weight excluding hydrogens is 431 g/mol. The van der Waals surface area contributed by atoms with Crippen LogP contribution in [0.15, 0.2) is 67.1 Å². The lowest BCUT2D eigenvalue weighted by Crippen LogP contribution is -2.43. The van der Waals surface area contributed by atoms with Crippen molar-refractivity contribution in [2.45, 2.75) is 45.2 Å². The number of rotatable bonds is 6. The van der Waals surface area contributed by atoms with E-state index in [1.165, 1.54) is 11.1 Å². The molecule has 0 radical (unpaired) electrons. The molecule has 0 aliphatic carbocycles. The number of imidazole rings is 1. The van der Waals surface area contributed by atoms with Gasteiger partial charge in [-0.25, -0.2) is 4.98 Å². The Balaban J connectivity index is 0.00000240. The molecule has 3 aromatic rings. The fourth-order valence-corrected chi connectivity index (χ4v) is 3.27. The summed E-state index contributed by atoms with van der Waals surface area (Å²) in [6.45, 7) is 7.26. The summed E-state index contributed by atoms with van der Waals surface area (Å²) in [5.74, 6) is -0.119. The molecule has 3 rings (SSSR count). The summed E-state index contributed by atoms with van der Waals surface area (Å²) in [6.07, 6.45) is 4.15. The average molecular weight is 463 g/mol. The number of benzene rings is 2. The van der Waals surface area contributed by atoms with Crippen molar-refractivity contribution in [2.24, 2.45) is 5.73 Å². The monoisotopic (exact) mass is 462 g/mol. The number of hydrogen-bond acceptors (Lipinski definition) is 3. The number of carbonyl (C=O) groups is 1. The van der Waals surface area contributed by atoms with Crippen molar-refractivity contribution < 1.29 is 4.79 Å². The third kappa shape index (κ3) is 7.10. The van der Waals surface area contributed by atoms with Crippen molar-refractivity contribution in [3.8, 4) is 0 Å². The topological polar surface area (TPSA) is 64.2 Å². The summed E-state index contributed by atoms with van der Waals surface area (Å²) < 4.78 is 2.01. The van der Waals surface area contributed by atoms with Gasteiger partial charge < -0.3 is 15.2 Å². The van der Waals surface area contributed by atoms with E-state index in [0.29, 0.717) is 6.42 Å². The van der Waals surface area contributed by atoms with E-state index < -0.39 is 6.04 Å². The van der Waals surface area contributed by atoms with Crippen LogP contribution in [-0.2, 0) is 23.2 Å². The molecule has 31 heavy (non-hydrogen) atoms. The molecule has 2 aromatic carbocycles. The molecule has 0 saturated carbocycles. The summed E-state index contributed by atoms with van der Waals surface area (Å²) in [4.78, 5) is 18.8. The summed E-state index contributed by atoms with van der Waals surface area (Å²) in [5.41, 5.74) is 10.4. The van der Waals surface area contributed by atoms with Gasteiger partial charge in [-0.1, -0.05) is 63.2 Å². The molecule has 5 nitrogen and oxygen atoms in total. The Labute approximate surface area is 197 Å². The van der Waals surface area contributed by atoms with Crippen LogP contribution in [0.3, 0.4) is 0 Å². The molecule has 0 unspecified atom stereocenters. The summed E-state index contributed by atoms with van der Waals surface area (Å²) in [7, 11) is 1.77. The zero-order valence-electron chi connectivity index (χ0n) is 18.5. The number of likely N-dealkylation sites (N-methyl/N-ethyl adjacent to an activating group) is 1. The summed E-state index contributed by atoms with van der Waals surface area (Å²) in [5, 5.41) is 0. The quantitative estimate of drug-likeness (QED) is 0.581. The molecule has 1 amide bonds. The Hall–Kier alpha value is -2.34. The number of amides is 1. The van der Waals surface area contributed by atoms with Crippen molar-refractivity contribution >= 4 is 36.4 Å². The molecule has 1 heterocycles. The third-order valence-electron chi connectivity index (χ3n) is 5.09. The van der Waals surface area contributed by atoms with E-state index >= 15 is 0 Å². The van der Waals surface area contributed by atoms with Crippen molar-refractivity contribution in [2.75, 3.05) is 11.9 Å². The van der Waals surface area contributed by atoms with Gasteiger partial charge in [0.15, 0.2) is 0 Å². The normalized spacial score (nSPS) is 11.8. The van der Waals surface area contributed by atoms with Crippen LogP contribution in [-0.4, -0.2) is 28.5 Å². The minimum atomic E-state index is -0.637. The van der Waals surface area contributed by atoms with Crippen LogP contribution in [0.25, 0.3) is 0 Å². The third-order valence-corrected chi connectivity index (χ3v) is 5.09. The molecule has 0 aliphatic rings. The van der Waals surface area contributed by atoms with Gasteiger partial charge in [-0.3, -0.25) is 4.79 Å². The number of carbonyl (C=O) groups excluding carboxylic acids is 1. The molecule has 2 N–H and O–H groups in total. The predicted octanol–water partition coefficient (Wildman–Crippen LogP) is 4.61. The van der Waals surface area contributed by atoms with Crippen LogP contribution in [0.4, 0.5) is 5.69 Å². The number of nitrogens with two attached hydrogens (primary N) is 1.